The average Bonchev–Trinajstić information content (AvgIpc) is 2.75. The smallest absolute Gasteiger partial charge is 0.264 e. The first-order chi connectivity index (χ1) is 14.8. The number of carbonyl (C=O) groups excluding carboxylic acids is 1. The number of fused-ring (bicyclic) bond motifs is 1. The van der Waals surface area contributed by atoms with E-state index < -0.39 is 20.7 Å². The lowest BCUT2D eigenvalue weighted by molar-refractivity contribution is -0.116. The van der Waals surface area contributed by atoms with E-state index in [0.717, 1.165) is 24.5 Å². The molecule has 4 rings (SSSR count). The number of para-hydroxylation sites is 1. The summed E-state index contributed by atoms with van der Waals surface area (Å²) in [5.41, 5.74) is 2.26. The van der Waals surface area contributed by atoms with E-state index in [2.05, 4.69) is 22.0 Å². The van der Waals surface area contributed by atoms with Crippen molar-refractivity contribution in [3.05, 3.63) is 53.3 Å². The minimum absolute atomic E-state index is 0.198. The Balaban J connectivity index is 1.57. The molecule has 1 saturated carbocycles. The van der Waals surface area contributed by atoms with E-state index in [1.54, 1.807) is 12.1 Å². The number of benzene rings is 2. The topological polar surface area (TPSA) is 78.5 Å². The van der Waals surface area contributed by atoms with Crippen LogP contribution in [-0.4, -0.2) is 32.3 Å². The van der Waals surface area contributed by atoms with E-state index in [1.807, 2.05) is 12.1 Å². The number of sulfonamides is 1. The first kappa shape index (κ1) is 21.8. The maximum atomic E-state index is 14.7. The van der Waals surface area contributed by atoms with Gasteiger partial charge in [0.25, 0.3) is 10.0 Å². The summed E-state index contributed by atoms with van der Waals surface area (Å²) in [5.74, 6) is -1.08. The quantitative estimate of drug-likeness (QED) is 0.696. The fourth-order valence-electron chi connectivity index (χ4n) is 4.46. The Kier molecular flexibility index (Phi) is 6.29. The van der Waals surface area contributed by atoms with Crippen LogP contribution in [0.15, 0.2) is 41.3 Å². The summed E-state index contributed by atoms with van der Waals surface area (Å²) in [4.78, 5) is 13.4. The van der Waals surface area contributed by atoms with Crippen molar-refractivity contribution in [3.8, 4) is 0 Å². The molecule has 8 heteroatoms. The van der Waals surface area contributed by atoms with Crippen LogP contribution in [0.3, 0.4) is 0 Å². The fourth-order valence-corrected chi connectivity index (χ4v) is 5.67. The number of nitrogens with one attached hydrogen (secondary N) is 2. The number of carbonyl (C=O) groups is 1. The van der Waals surface area contributed by atoms with E-state index in [4.69, 9.17) is 0 Å². The second-order valence-corrected chi connectivity index (χ2v) is 10.1. The standard InChI is InChI=1S/C23H28FN3O3S/c1-27(18-8-3-2-4-9-18)15-17-7-5-6-10-20(17)26-31(29,30)22-13-16-11-12-23(28)25-21(16)14-19(22)24/h5-7,10,13-14,18,26H,2-4,8-9,11-12,15H2,1H3,(H,25,28). The van der Waals surface area contributed by atoms with Crippen LogP contribution in [0.2, 0.25) is 0 Å². The molecule has 6 nitrogen and oxygen atoms in total. The maximum Gasteiger partial charge on any atom is 0.264 e. The van der Waals surface area contributed by atoms with Crippen LogP contribution in [-0.2, 0) is 27.8 Å². The summed E-state index contributed by atoms with van der Waals surface area (Å²) in [6.45, 7) is 0.613. The number of rotatable bonds is 6. The summed E-state index contributed by atoms with van der Waals surface area (Å²) in [6.07, 6.45) is 6.66. The van der Waals surface area contributed by atoms with Gasteiger partial charge in [0.05, 0.1) is 5.69 Å². The molecule has 1 fully saturated rings. The zero-order chi connectivity index (χ0) is 22.0. The lowest BCUT2D eigenvalue weighted by Gasteiger charge is -2.31. The molecule has 31 heavy (non-hydrogen) atoms. The third kappa shape index (κ3) is 4.91. The fraction of sp³-hybridized carbons (Fsp3) is 0.435. The number of nitrogens with zero attached hydrogens (tertiary/aromatic N) is 1. The molecule has 0 unspecified atom stereocenters. The molecule has 166 valence electrons. The summed E-state index contributed by atoms with van der Waals surface area (Å²) in [6, 6.07) is 10.2. The van der Waals surface area contributed by atoms with Crippen LogP contribution in [0.5, 0.6) is 0 Å². The van der Waals surface area contributed by atoms with Crippen LogP contribution in [0.25, 0.3) is 0 Å². The molecular formula is C23H28FN3O3S. The van der Waals surface area contributed by atoms with Crippen LogP contribution in [0.1, 0.15) is 49.7 Å². The molecule has 1 aliphatic carbocycles. The first-order valence-corrected chi connectivity index (χ1v) is 12.2. The van der Waals surface area contributed by atoms with E-state index >= 15 is 0 Å². The van der Waals surface area contributed by atoms with Gasteiger partial charge in [-0.15, -0.1) is 0 Å². The van der Waals surface area contributed by atoms with E-state index in [0.29, 0.717) is 35.9 Å². The molecule has 0 radical (unpaired) electrons. The maximum absolute atomic E-state index is 14.7. The second kappa shape index (κ2) is 8.96. The molecule has 2 aliphatic rings. The number of aryl methyl sites for hydroxylation is 1. The van der Waals surface area contributed by atoms with Gasteiger partial charge in [0.1, 0.15) is 10.7 Å². The highest BCUT2D eigenvalue weighted by Gasteiger charge is 2.26. The Morgan fingerprint density at radius 3 is 2.65 bits per heavy atom. The molecule has 2 aromatic rings. The van der Waals surface area contributed by atoms with Crippen molar-refractivity contribution in [2.45, 2.75) is 62.4 Å². The lowest BCUT2D eigenvalue weighted by Crippen LogP contribution is -2.33. The molecule has 0 aromatic heterocycles. The van der Waals surface area contributed by atoms with Crippen molar-refractivity contribution in [1.82, 2.24) is 4.90 Å². The summed E-state index contributed by atoms with van der Waals surface area (Å²) >= 11 is 0. The second-order valence-electron chi connectivity index (χ2n) is 8.46. The first-order valence-electron chi connectivity index (χ1n) is 10.8. The monoisotopic (exact) mass is 445 g/mol. The normalized spacial score (nSPS) is 17.3. The van der Waals surface area contributed by atoms with Crippen molar-refractivity contribution in [3.63, 3.8) is 0 Å². The van der Waals surface area contributed by atoms with Gasteiger partial charge in [0.15, 0.2) is 0 Å². The van der Waals surface area contributed by atoms with E-state index in [1.165, 1.54) is 25.3 Å². The zero-order valence-corrected chi connectivity index (χ0v) is 18.5. The summed E-state index contributed by atoms with van der Waals surface area (Å²) in [7, 11) is -2.06. The predicted molar refractivity (Wildman–Crippen MR) is 119 cm³/mol. The Morgan fingerprint density at radius 1 is 1.13 bits per heavy atom. The molecule has 1 aliphatic heterocycles. The van der Waals surface area contributed by atoms with E-state index in [-0.39, 0.29) is 12.3 Å². The Morgan fingerprint density at radius 2 is 1.87 bits per heavy atom. The van der Waals surface area contributed by atoms with Gasteiger partial charge in [-0.2, -0.15) is 0 Å². The number of hydrogen-bond donors (Lipinski definition) is 2. The largest absolute Gasteiger partial charge is 0.326 e. The molecule has 0 bridgehead atoms. The third-order valence-electron chi connectivity index (χ3n) is 6.22. The lowest BCUT2D eigenvalue weighted by atomic mass is 9.94. The van der Waals surface area contributed by atoms with E-state index in [9.17, 15) is 17.6 Å². The minimum Gasteiger partial charge on any atom is -0.326 e. The molecular weight excluding hydrogens is 417 g/mol. The minimum atomic E-state index is -4.13. The van der Waals surface area contributed by atoms with Crippen molar-refractivity contribution in [1.29, 1.82) is 0 Å². The highest BCUT2D eigenvalue weighted by molar-refractivity contribution is 7.92. The van der Waals surface area contributed by atoms with Crippen molar-refractivity contribution >= 4 is 27.3 Å². The molecule has 1 amide bonds. The van der Waals surface area contributed by atoms with Gasteiger partial charge >= 0.3 is 0 Å². The van der Waals surface area contributed by atoms with Crippen molar-refractivity contribution < 1.29 is 17.6 Å². The Labute approximate surface area is 182 Å². The van der Waals surface area contributed by atoms with Crippen LogP contribution < -0.4 is 10.0 Å². The number of anilines is 2. The highest BCUT2D eigenvalue weighted by atomic mass is 32.2. The average molecular weight is 446 g/mol. The van der Waals surface area contributed by atoms with Gasteiger partial charge in [0.2, 0.25) is 5.91 Å². The Hall–Kier alpha value is -2.45. The number of hydrogen-bond acceptors (Lipinski definition) is 4. The molecule has 2 aromatic carbocycles. The molecule has 0 atom stereocenters. The Bertz CT molecular complexity index is 1080. The zero-order valence-electron chi connectivity index (χ0n) is 17.7. The number of halogens is 1. The predicted octanol–water partition coefficient (Wildman–Crippen LogP) is 4.28. The third-order valence-corrected chi connectivity index (χ3v) is 7.60. The van der Waals surface area contributed by atoms with Crippen LogP contribution >= 0.6 is 0 Å². The van der Waals surface area contributed by atoms with Gasteiger partial charge in [0, 0.05) is 24.7 Å². The summed E-state index contributed by atoms with van der Waals surface area (Å²) in [5, 5.41) is 2.59. The van der Waals surface area contributed by atoms with Crippen LogP contribution in [0, 0.1) is 5.82 Å². The van der Waals surface area contributed by atoms with Gasteiger partial charge in [-0.05, 0) is 55.6 Å². The molecule has 0 saturated heterocycles. The summed E-state index contributed by atoms with van der Waals surface area (Å²) < 4.78 is 43.4. The SMILES string of the molecule is CN(Cc1ccccc1NS(=O)(=O)c1cc2c(cc1F)NC(=O)CC2)C1CCCCC1. The highest BCUT2D eigenvalue weighted by Crippen LogP contribution is 2.30. The molecule has 2 N–H and O–H groups in total. The van der Waals surface area contributed by atoms with Gasteiger partial charge < -0.3 is 5.32 Å². The van der Waals surface area contributed by atoms with Gasteiger partial charge in [-0.3, -0.25) is 14.4 Å². The van der Waals surface area contributed by atoms with Crippen molar-refractivity contribution in [2.24, 2.45) is 0 Å². The van der Waals surface area contributed by atoms with Gasteiger partial charge in [-0.25, -0.2) is 12.8 Å². The van der Waals surface area contributed by atoms with Crippen molar-refractivity contribution in [2.75, 3.05) is 17.1 Å². The van der Waals surface area contributed by atoms with Crippen LogP contribution in [0.4, 0.5) is 15.8 Å². The molecule has 0 spiro atoms. The number of amides is 1. The van der Waals surface area contributed by atoms with Gasteiger partial charge in [-0.1, -0.05) is 37.5 Å². The molecule has 1 heterocycles.